The van der Waals surface area contributed by atoms with E-state index in [1.807, 2.05) is 0 Å². The second kappa shape index (κ2) is 6.73. The fourth-order valence-corrected chi connectivity index (χ4v) is 4.47. The van der Waals surface area contributed by atoms with Crippen molar-refractivity contribution in [1.29, 1.82) is 0 Å². The van der Waals surface area contributed by atoms with E-state index in [2.05, 4.69) is 52.3 Å². The van der Waals surface area contributed by atoms with Crippen molar-refractivity contribution in [3.8, 4) is 5.75 Å². The molecule has 0 N–H and O–H groups in total. The average Bonchev–Trinajstić information content (AvgIpc) is 2.91. The van der Waals surface area contributed by atoms with E-state index in [1.54, 1.807) is 11.3 Å². The van der Waals surface area contributed by atoms with Crippen LogP contribution in [0.3, 0.4) is 0 Å². The first-order valence-electron chi connectivity index (χ1n) is 8.80. The maximum atomic E-state index is 6.11. The Morgan fingerprint density at radius 3 is 2.96 bits per heavy atom. The summed E-state index contributed by atoms with van der Waals surface area (Å²) in [6.45, 7) is 7.34. The maximum Gasteiger partial charge on any atom is 0.124 e. The van der Waals surface area contributed by atoms with Crippen molar-refractivity contribution < 1.29 is 4.74 Å². The van der Waals surface area contributed by atoms with E-state index < -0.39 is 0 Å². The normalized spacial score (nSPS) is 21.9. The molecule has 0 saturated carbocycles. The molecule has 24 heavy (non-hydrogen) atoms. The van der Waals surface area contributed by atoms with Crippen LogP contribution in [-0.2, 0) is 6.42 Å². The highest BCUT2D eigenvalue weighted by Crippen LogP contribution is 2.36. The lowest BCUT2D eigenvalue weighted by molar-refractivity contribution is 0.262. The monoisotopic (exact) mass is 343 g/mol. The standard InChI is InChI=1S/C19H25N3OS/c1-14-13-24-19(20-14)16-10-15-4-5-17(11-18(15)23-12-16)22-7-3-6-21(2)8-9-22/h4-5,11,13,16H,3,6-10,12H2,1-2H3. The second-order valence-corrected chi connectivity index (χ2v) is 7.86. The molecule has 0 spiro atoms. The van der Waals surface area contributed by atoms with Crippen LogP contribution >= 0.6 is 11.3 Å². The third-order valence-electron chi connectivity index (χ3n) is 5.03. The predicted molar refractivity (Wildman–Crippen MR) is 99.6 cm³/mol. The maximum absolute atomic E-state index is 6.11. The molecule has 0 aliphatic carbocycles. The number of benzene rings is 1. The molecule has 1 aromatic carbocycles. The molecule has 1 aromatic heterocycles. The van der Waals surface area contributed by atoms with E-state index in [-0.39, 0.29) is 0 Å². The van der Waals surface area contributed by atoms with Crippen LogP contribution in [0.2, 0.25) is 0 Å². The average molecular weight is 343 g/mol. The molecule has 2 aliphatic rings. The summed E-state index contributed by atoms with van der Waals surface area (Å²) in [5.41, 5.74) is 3.73. The van der Waals surface area contributed by atoms with Gasteiger partial charge in [0, 0.05) is 48.4 Å². The Kier molecular flexibility index (Phi) is 4.46. The quantitative estimate of drug-likeness (QED) is 0.836. The molecule has 1 unspecified atom stereocenters. The fourth-order valence-electron chi connectivity index (χ4n) is 3.58. The Bertz CT molecular complexity index is 714. The molecule has 0 bridgehead atoms. The van der Waals surface area contributed by atoms with Gasteiger partial charge in [0.05, 0.1) is 11.6 Å². The number of aryl methyl sites for hydroxylation is 1. The van der Waals surface area contributed by atoms with Crippen LogP contribution in [0.4, 0.5) is 5.69 Å². The Balaban J connectivity index is 1.50. The van der Waals surface area contributed by atoms with Crippen molar-refractivity contribution in [2.45, 2.75) is 25.7 Å². The number of anilines is 1. The Morgan fingerprint density at radius 1 is 1.21 bits per heavy atom. The summed E-state index contributed by atoms with van der Waals surface area (Å²) in [6, 6.07) is 6.76. The van der Waals surface area contributed by atoms with E-state index in [1.165, 1.54) is 29.2 Å². The SMILES string of the molecule is Cc1csc(C2COc3cc(N4CCCN(C)CC4)ccc3C2)n1. The van der Waals surface area contributed by atoms with Gasteiger partial charge < -0.3 is 14.5 Å². The highest BCUT2D eigenvalue weighted by molar-refractivity contribution is 7.09. The third kappa shape index (κ3) is 3.28. The van der Waals surface area contributed by atoms with Crippen molar-refractivity contribution >= 4 is 17.0 Å². The molecular formula is C19H25N3OS. The van der Waals surface area contributed by atoms with Crippen LogP contribution < -0.4 is 9.64 Å². The van der Waals surface area contributed by atoms with Gasteiger partial charge in [0.2, 0.25) is 0 Å². The number of hydrogen-bond acceptors (Lipinski definition) is 5. The molecule has 0 radical (unpaired) electrons. The summed E-state index contributed by atoms with van der Waals surface area (Å²) in [6.07, 6.45) is 2.26. The van der Waals surface area contributed by atoms with E-state index in [0.29, 0.717) is 5.92 Å². The number of nitrogens with zero attached hydrogens (tertiary/aromatic N) is 3. The summed E-state index contributed by atoms with van der Waals surface area (Å²) < 4.78 is 6.11. The Morgan fingerprint density at radius 2 is 2.12 bits per heavy atom. The van der Waals surface area contributed by atoms with E-state index in [9.17, 15) is 0 Å². The van der Waals surface area contributed by atoms with Crippen LogP contribution in [0, 0.1) is 6.92 Å². The van der Waals surface area contributed by atoms with Crippen LogP contribution in [-0.4, -0.2) is 49.7 Å². The van der Waals surface area contributed by atoms with Crippen LogP contribution in [0.15, 0.2) is 23.6 Å². The molecule has 128 valence electrons. The van der Waals surface area contributed by atoms with Crippen LogP contribution in [0.5, 0.6) is 5.75 Å². The van der Waals surface area contributed by atoms with Crippen molar-refractivity contribution in [3.05, 3.63) is 39.8 Å². The van der Waals surface area contributed by atoms with Gasteiger partial charge in [-0.15, -0.1) is 11.3 Å². The number of rotatable bonds is 2. The molecule has 2 aromatic rings. The number of ether oxygens (including phenoxy) is 1. The summed E-state index contributed by atoms with van der Waals surface area (Å²) in [7, 11) is 2.21. The Labute approximate surface area is 148 Å². The van der Waals surface area contributed by atoms with Gasteiger partial charge in [0.15, 0.2) is 0 Å². The lowest BCUT2D eigenvalue weighted by Gasteiger charge is -2.28. The molecule has 1 fully saturated rings. The molecule has 1 atom stereocenters. The molecule has 3 heterocycles. The van der Waals surface area contributed by atoms with Crippen LogP contribution in [0.1, 0.15) is 28.6 Å². The molecule has 4 rings (SSSR count). The predicted octanol–water partition coefficient (Wildman–Crippen LogP) is 3.31. The largest absolute Gasteiger partial charge is 0.492 e. The molecule has 4 nitrogen and oxygen atoms in total. The fraction of sp³-hybridized carbons (Fsp3) is 0.526. The smallest absolute Gasteiger partial charge is 0.124 e. The first-order valence-corrected chi connectivity index (χ1v) is 9.68. The first-order chi connectivity index (χ1) is 11.7. The van der Waals surface area contributed by atoms with Crippen LogP contribution in [0.25, 0.3) is 0 Å². The van der Waals surface area contributed by atoms with Crippen molar-refractivity contribution in [1.82, 2.24) is 9.88 Å². The summed E-state index contributed by atoms with van der Waals surface area (Å²) in [5.74, 6) is 1.46. The number of aromatic nitrogens is 1. The Hall–Kier alpha value is -1.59. The van der Waals surface area contributed by atoms with Gasteiger partial charge in [-0.25, -0.2) is 4.98 Å². The number of thiazole rings is 1. The molecular weight excluding hydrogens is 318 g/mol. The third-order valence-corrected chi connectivity index (χ3v) is 6.15. The molecule has 0 amide bonds. The second-order valence-electron chi connectivity index (χ2n) is 6.98. The zero-order valence-electron chi connectivity index (χ0n) is 14.5. The van der Waals surface area contributed by atoms with Gasteiger partial charge >= 0.3 is 0 Å². The highest BCUT2D eigenvalue weighted by Gasteiger charge is 2.24. The van der Waals surface area contributed by atoms with Crippen molar-refractivity contribution in [2.24, 2.45) is 0 Å². The minimum absolute atomic E-state index is 0.397. The molecule has 2 aliphatic heterocycles. The highest BCUT2D eigenvalue weighted by atomic mass is 32.1. The lowest BCUT2D eigenvalue weighted by atomic mass is 9.97. The summed E-state index contributed by atoms with van der Waals surface area (Å²) in [5, 5.41) is 3.34. The number of fused-ring (bicyclic) bond motifs is 1. The summed E-state index contributed by atoms with van der Waals surface area (Å²) in [4.78, 5) is 9.54. The lowest BCUT2D eigenvalue weighted by Crippen LogP contribution is -2.29. The minimum Gasteiger partial charge on any atom is -0.492 e. The molecule has 5 heteroatoms. The van der Waals surface area contributed by atoms with Gasteiger partial charge in [0.1, 0.15) is 5.75 Å². The van der Waals surface area contributed by atoms with E-state index in [4.69, 9.17) is 4.74 Å². The molecule has 1 saturated heterocycles. The number of hydrogen-bond donors (Lipinski definition) is 0. The minimum atomic E-state index is 0.397. The van der Waals surface area contributed by atoms with Gasteiger partial charge in [0.25, 0.3) is 0 Å². The zero-order chi connectivity index (χ0) is 16.5. The van der Waals surface area contributed by atoms with Gasteiger partial charge in [-0.1, -0.05) is 6.07 Å². The topological polar surface area (TPSA) is 28.6 Å². The van der Waals surface area contributed by atoms with Gasteiger partial charge in [-0.05, 0) is 45.0 Å². The van der Waals surface area contributed by atoms with Gasteiger partial charge in [-0.3, -0.25) is 0 Å². The zero-order valence-corrected chi connectivity index (χ0v) is 15.3. The van der Waals surface area contributed by atoms with E-state index >= 15 is 0 Å². The number of likely N-dealkylation sites (N-methyl/N-ethyl adjacent to an activating group) is 1. The van der Waals surface area contributed by atoms with Crippen molar-refractivity contribution in [2.75, 3.05) is 44.7 Å². The first kappa shape index (κ1) is 15.9. The summed E-state index contributed by atoms with van der Waals surface area (Å²) >= 11 is 1.76. The van der Waals surface area contributed by atoms with E-state index in [0.717, 1.165) is 44.1 Å². The van der Waals surface area contributed by atoms with Crippen molar-refractivity contribution in [3.63, 3.8) is 0 Å². The van der Waals surface area contributed by atoms with Gasteiger partial charge in [-0.2, -0.15) is 0 Å².